The number of carbonyl (C=O) groups excluding carboxylic acids is 1. The smallest absolute Gasteiger partial charge is 0.236 e. The lowest BCUT2D eigenvalue weighted by molar-refractivity contribution is -0.120. The van der Waals surface area contributed by atoms with E-state index in [1.807, 2.05) is 24.6 Å². The largest absolute Gasteiger partial charge is 0.368 e. The molecule has 5 heteroatoms. The van der Waals surface area contributed by atoms with Crippen LogP contribution in [0.15, 0.2) is 12.4 Å². The van der Waals surface area contributed by atoms with Gasteiger partial charge in [-0.25, -0.2) is 4.98 Å². The van der Waals surface area contributed by atoms with E-state index < -0.39 is 0 Å². The molecule has 16 heavy (non-hydrogen) atoms. The van der Waals surface area contributed by atoms with Gasteiger partial charge in [0.1, 0.15) is 11.9 Å². The Bertz CT molecular complexity index is 348. The molecule has 1 aromatic heterocycles. The minimum atomic E-state index is -0.354. The van der Waals surface area contributed by atoms with E-state index in [9.17, 15) is 4.79 Å². The van der Waals surface area contributed by atoms with Gasteiger partial charge in [-0.15, -0.1) is 0 Å². The Balaban J connectivity index is 2.78. The van der Waals surface area contributed by atoms with E-state index in [0.29, 0.717) is 0 Å². The first-order valence-electron chi connectivity index (χ1n) is 5.60. The predicted molar refractivity (Wildman–Crippen MR) is 63.0 cm³/mol. The highest BCUT2D eigenvalue weighted by Gasteiger charge is 2.23. The van der Waals surface area contributed by atoms with Gasteiger partial charge in [-0.1, -0.05) is 6.92 Å². The number of amides is 1. The average molecular weight is 224 g/mol. The van der Waals surface area contributed by atoms with Crippen LogP contribution in [0.25, 0.3) is 0 Å². The van der Waals surface area contributed by atoms with Crippen LogP contribution in [-0.2, 0) is 4.79 Å². The van der Waals surface area contributed by atoms with Gasteiger partial charge >= 0.3 is 0 Å². The Labute approximate surface area is 96.0 Å². The van der Waals surface area contributed by atoms with Crippen LogP contribution in [-0.4, -0.2) is 28.0 Å². The number of nitrogens with one attached hydrogen (secondary N) is 1. The van der Waals surface area contributed by atoms with E-state index in [0.717, 1.165) is 18.8 Å². The summed E-state index contributed by atoms with van der Waals surface area (Å²) >= 11 is 0. The highest BCUT2D eigenvalue weighted by molar-refractivity contribution is 5.80. The summed E-state index contributed by atoms with van der Waals surface area (Å²) < 4.78 is 1.96. The number of nitrogens with zero attached hydrogens (tertiary/aromatic N) is 2. The summed E-state index contributed by atoms with van der Waals surface area (Å²) in [5, 5.41) is 3.16. The standard InChI is InChI=1S/C11H20N4O/c1-4-5-14-10(11(12)16)8(2)15-7-6-13-9(15)3/h6-8,10,14H,4-5H2,1-3H3,(H2,12,16). The number of primary amides is 1. The van der Waals surface area contributed by atoms with Crippen molar-refractivity contribution in [2.24, 2.45) is 5.73 Å². The molecule has 90 valence electrons. The van der Waals surface area contributed by atoms with Crippen molar-refractivity contribution in [1.82, 2.24) is 14.9 Å². The lowest BCUT2D eigenvalue weighted by Gasteiger charge is -2.24. The molecule has 0 saturated heterocycles. The lowest BCUT2D eigenvalue weighted by atomic mass is 10.1. The maximum atomic E-state index is 11.4. The SMILES string of the molecule is CCCNC(C(N)=O)C(C)n1ccnc1C. The Morgan fingerprint density at radius 3 is 2.81 bits per heavy atom. The monoisotopic (exact) mass is 224 g/mol. The summed E-state index contributed by atoms with van der Waals surface area (Å²) in [5.74, 6) is 0.561. The molecule has 0 bridgehead atoms. The van der Waals surface area contributed by atoms with Crippen LogP contribution in [0.4, 0.5) is 0 Å². The van der Waals surface area contributed by atoms with Gasteiger partial charge in [-0.05, 0) is 26.8 Å². The fourth-order valence-corrected chi connectivity index (χ4v) is 1.79. The predicted octanol–water partition coefficient (Wildman–Crippen LogP) is 0.606. The number of nitrogens with two attached hydrogens (primary N) is 1. The molecule has 1 rings (SSSR count). The minimum Gasteiger partial charge on any atom is -0.368 e. The first-order valence-corrected chi connectivity index (χ1v) is 5.60. The summed E-state index contributed by atoms with van der Waals surface area (Å²) in [6, 6.07) is -0.376. The fourth-order valence-electron chi connectivity index (χ4n) is 1.79. The number of hydrogen-bond acceptors (Lipinski definition) is 3. The van der Waals surface area contributed by atoms with Crippen molar-refractivity contribution >= 4 is 5.91 Å². The van der Waals surface area contributed by atoms with Crippen LogP contribution in [0.2, 0.25) is 0 Å². The number of imidazole rings is 1. The summed E-state index contributed by atoms with van der Waals surface area (Å²) in [6.07, 6.45) is 4.56. The van der Waals surface area contributed by atoms with Gasteiger partial charge < -0.3 is 15.6 Å². The molecule has 0 saturated carbocycles. The third-order valence-corrected chi connectivity index (χ3v) is 2.70. The number of rotatable bonds is 6. The Kier molecular flexibility index (Phi) is 4.49. The van der Waals surface area contributed by atoms with Crippen molar-refractivity contribution in [2.75, 3.05) is 6.54 Å². The molecule has 0 fully saturated rings. The average Bonchev–Trinajstić information content (AvgIpc) is 2.64. The first-order chi connectivity index (χ1) is 7.57. The maximum Gasteiger partial charge on any atom is 0.236 e. The Morgan fingerprint density at radius 1 is 1.69 bits per heavy atom. The van der Waals surface area contributed by atoms with E-state index >= 15 is 0 Å². The zero-order valence-corrected chi connectivity index (χ0v) is 10.1. The third kappa shape index (κ3) is 2.82. The molecule has 0 aliphatic carbocycles. The molecule has 0 aliphatic rings. The van der Waals surface area contributed by atoms with Gasteiger partial charge in [0, 0.05) is 12.4 Å². The van der Waals surface area contributed by atoms with Crippen LogP contribution >= 0.6 is 0 Å². The van der Waals surface area contributed by atoms with E-state index in [-0.39, 0.29) is 18.0 Å². The molecule has 2 atom stereocenters. The highest BCUT2D eigenvalue weighted by Crippen LogP contribution is 2.13. The second kappa shape index (κ2) is 5.65. The van der Waals surface area contributed by atoms with Gasteiger partial charge in [0.2, 0.25) is 5.91 Å². The van der Waals surface area contributed by atoms with Crippen molar-refractivity contribution in [3.8, 4) is 0 Å². The molecular weight excluding hydrogens is 204 g/mol. The molecule has 5 nitrogen and oxygen atoms in total. The molecule has 1 amide bonds. The molecule has 0 aliphatic heterocycles. The fraction of sp³-hybridized carbons (Fsp3) is 0.636. The summed E-state index contributed by atoms with van der Waals surface area (Å²) in [6.45, 7) is 6.71. The summed E-state index contributed by atoms with van der Waals surface area (Å²) in [7, 11) is 0. The topological polar surface area (TPSA) is 72.9 Å². The maximum absolute atomic E-state index is 11.4. The molecule has 0 aromatic carbocycles. The normalized spacial score (nSPS) is 14.7. The number of carbonyl (C=O) groups is 1. The van der Waals surface area contributed by atoms with E-state index in [1.165, 1.54) is 0 Å². The molecule has 2 unspecified atom stereocenters. The molecule has 3 N–H and O–H groups in total. The van der Waals surface area contributed by atoms with Crippen LogP contribution in [0.1, 0.15) is 32.1 Å². The van der Waals surface area contributed by atoms with Crippen LogP contribution in [0.5, 0.6) is 0 Å². The second-order valence-electron chi connectivity index (χ2n) is 3.96. The second-order valence-corrected chi connectivity index (χ2v) is 3.96. The lowest BCUT2D eigenvalue weighted by Crippen LogP contribution is -2.46. The van der Waals surface area contributed by atoms with Gasteiger partial charge in [-0.3, -0.25) is 4.79 Å². The van der Waals surface area contributed by atoms with Gasteiger partial charge in [0.15, 0.2) is 0 Å². The van der Waals surface area contributed by atoms with Crippen molar-refractivity contribution in [3.05, 3.63) is 18.2 Å². The minimum absolute atomic E-state index is 0.0217. The van der Waals surface area contributed by atoms with E-state index in [1.54, 1.807) is 6.20 Å². The van der Waals surface area contributed by atoms with Crippen molar-refractivity contribution in [3.63, 3.8) is 0 Å². The molecule has 0 spiro atoms. The molecule has 0 radical (unpaired) electrons. The number of aryl methyl sites for hydroxylation is 1. The van der Waals surface area contributed by atoms with Crippen LogP contribution < -0.4 is 11.1 Å². The van der Waals surface area contributed by atoms with E-state index in [2.05, 4.69) is 17.2 Å². The molecule has 1 heterocycles. The molecule has 1 aromatic rings. The van der Waals surface area contributed by atoms with Gasteiger partial charge in [0.05, 0.1) is 6.04 Å². The van der Waals surface area contributed by atoms with Gasteiger partial charge in [0.25, 0.3) is 0 Å². The quantitative estimate of drug-likeness (QED) is 0.743. The van der Waals surface area contributed by atoms with Crippen LogP contribution in [0.3, 0.4) is 0 Å². The summed E-state index contributed by atoms with van der Waals surface area (Å²) in [5.41, 5.74) is 5.40. The van der Waals surface area contributed by atoms with Gasteiger partial charge in [-0.2, -0.15) is 0 Å². The zero-order valence-electron chi connectivity index (χ0n) is 10.1. The third-order valence-electron chi connectivity index (χ3n) is 2.70. The van der Waals surface area contributed by atoms with Crippen LogP contribution in [0, 0.1) is 6.92 Å². The van der Waals surface area contributed by atoms with Crippen molar-refractivity contribution < 1.29 is 4.79 Å². The number of hydrogen-bond donors (Lipinski definition) is 2. The zero-order chi connectivity index (χ0) is 12.1. The molecular formula is C11H20N4O. The Hall–Kier alpha value is -1.36. The first kappa shape index (κ1) is 12.7. The van der Waals surface area contributed by atoms with Crippen molar-refractivity contribution in [1.29, 1.82) is 0 Å². The highest BCUT2D eigenvalue weighted by atomic mass is 16.1. The summed E-state index contributed by atoms with van der Waals surface area (Å²) in [4.78, 5) is 15.5. The van der Waals surface area contributed by atoms with E-state index in [4.69, 9.17) is 5.73 Å². The number of aromatic nitrogens is 2. The van der Waals surface area contributed by atoms with Crippen molar-refractivity contribution in [2.45, 2.75) is 39.3 Å². The Morgan fingerprint density at radius 2 is 2.38 bits per heavy atom.